The van der Waals surface area contributed by atoms with Gasteiger partial charge in [0.25, 0.3) is 0 Å². The molecule has 0 aromatic carbocycles. The van der Waals surface area contributed by atoms with Crippen LogP contribution in [0.1, 0.15) is 45.2 Å². The molecule has 7 nitrogen and oxygen atoms in total. The van der Waals surface area contributed by atoms with E-state index in [2.05, 4.69) is 4.98 Å². The molecule has 3 aliphatic heterocycles. The van der Waals surface area contributed by atoms with E-state index in [4.69, 9.17) is 4.74 Å². The van der Waals surface area contributed by atoms with Crippen molar-refractivity contribution in [3.63, 3.8) is 0 Å². The van der Waals surface area contributed by atoms with Crippen molar-refractivity contribution in [2.24, 2.45) is 5.41 Å². The number of likely N-dealkylation sites (tertiary alicyclic amines) is 1. The predicted octanol–water partition coefficient (Wildman–Crippen LogP) is 3.63. The maximum atomic E-state index is 13.7. The molecule has 4 heterocycles. The highest BCUT2D eigenvalue weighted by atomic mass is 19.4. The van der Waals surface area contributed by atoms with Gasteiger partial charge >= 0.3 is 12.3 Å². The number of nitriles is 1. The number of carbonyl (C=O) groups excluding carboxylic acids is 1. The number of amides is 1. The molecule has 0 radical (unpaired) electrons. The highest BCUT2D eigenvalue weighted by molar-refractivity contribution is 5.70. The van der Waals surface area contributed by atoms with Crippen molar-refractivity contribution in [2.45, 2.75) is 51.9 Å². The first-order valence-corrected chi connectivity index (χ1v) is 10.3. The average Bonchev–Trinajstić information content (AvgIpc) is 2.55. The summed E-state index contributed by atoms with van der Waals surface area (Å²) in [5.41, 5.74) is -2.08. The Hall–Kier alpha value is -2.70. The quantitative estimate of drug-likeness (QED) is 0.704. The first-order chi connectivity index (χ1) is 14.3. The van der Waals surface area contributed by atoms with Crippen LogP contribution in [0, 0.1) is 16.7 Å². The molecule has 3 fully saturated rings. The monoisotopic (exact) mass is 437 g/mol. The number of hydrogen-bond acceptors (Lipinski definition) is 6. The molecule has 1 aromatic rings. The van der Waals surface area contributed by atoms with Crippen molar-refractivity contribution in [1.82, 2.24) is 9.88 Å². The Morgan fingerprint density at radius 2 is 1.90 bits per heavy atom. The van der Waals surface area contributed by atoms with Crippen LogP contribution in [-0.2, 0) is 10.9 Å². The summed E-state index contributed by atoms with van der Waals surface area (Å²) in [6.07, 6.45) is -4.16. The van der Waals surface area contributed by atoms with Crippen LogP contribution in [0.4, 0.5) is 29.6 Å². The van der Waals surface area contributed by atoms with Crippen LogP contribution in [-0.4, -0.2) is 60.3 Å². The predicted molar refractivity (Wildman–Crippen MR) is 108 cm³/mol. The number of anilines is 2. The van der Waals surface area contributed by atoms with Gasteiger partial charge in [0, 0.05) is 44.2 Å². The van der Waals surface area contributed by atoms with E-state index < -0.39 is 22.9 Å². The summed E-state index contributed by atoms with van der Waals surface area (Å²) < 4.78 is 46.4. The molecule has 168 valence electrons. The molecule has 0 unspecified atom stereocenters. The summed E-state index contributed by atoms with van der Waals surface area (Å²) in [6.45, 7) is 9.94. The van der Waals surface area contributed by atoms with Gasteiger partial charge in [-0.2, -0.15) is 18.4 Å². The molecule has 4 rings (SSSR count). The minimum atomic E-state index is -4.64. The number of rotatable bonds is 2. The lowest BCUT2D eigenvalue weighted by Gasteiger charge is -2.60. The van der Waals surface area contributed by atoms with E-state index in [0.29, 0.717) is 32.7 Å². The molecule has 1 aromatic heterocycles. The van der Waals surface area contributed by atoms with Gasteiger partial charge in [0.2, 0.25) is 0 Å². The smallest absolute Gasteiger partial charge is 0.417 e. The van der Waals surface area contributed by atoms with Crippen molar-refractivity contribution < 1.29 is 22.7 Å². The second kappa shape index (κ2) is 6.90. The molecule has 31 heavy (non-hydrogen) atoms. The average molecular weight is 437 g/mol. The van der Waals surface area contributed by atoms with Crippen LogP contribution < -0.4 is 9.80 Å². The second-order valence-electron chi connectivity index (χ2n) is 9.86. The van der Waals surface area contributed by atoms with Crippen molar-refractivity contribution in [3.05, 3.63) is 17.2 Å². The minimum Gasteiger partial charge on any atom is -0.444 e. The molecular formula is C21H26F3N5O2. The minimum absolute atomic E-state index is 0.0488. The topological polar surface area (TPSA) is 72.7 Å². The molecule has 3 saturated heterocycles. The van der Waals surface area contributed by atoms with Gasteiger partial charge in [-0.3, -0.25) is 0 Å². The van der Waals surface area contributed by atoms with Gasteiger partial charge in [-0.15, -0.1) is 0 Å². The Morgan fingerprint density at radius 3 is 2.35 bits per heavy atom. The lowest BCUT2D eigenvalue weighted by Crippen LogP contribution is -2.73. The van der Waals surface area contributed by atoms with Crippen molar-refractivity contribution >= 4 is 17.7 Å². The Kier molecular flexibility index (Phi) is 4.79. The third kappa shape index (κ3) is 3.86. The Balaban J connectivity index is 1.51. The van der Waals surface area contributed by atoms with Gasteiger partial charge in [0.1, 0.15) is 28.9 Å². The summed E-state index contributed by atoms with van der Waals surface area (Å²) in [4.78, 5) is 21.8. The van der Waals surface area contributed by atoms with Crippen LogP contribution >= 0.6 is 0 Å². The highest BCUT2D eigenvalue weighted by Crippen LogP contribution is 2.45. The number of alkyl halides is 3. The first kappa shape index (κ1) is 21.5. The SMILES string of the molecule is C[C@H]1CCN1c1nc(N2CC3(CN(C(=O)OC(C)(C)C)C3)C2)cc(C(F)(F)F)c1C#N. The zero-order valence-corrected chi connectivity index (χ0v) is 18.1. The Labute approximate surface area is 179 Å². The molecule has 0 bridgehead atoms. The van der Waals surface area contributed by atoms with Gasteiger partial charge in [-0.25, -0.2) is 9.78 Å². The van der Waals surface area contributed by atoms with Gasteiger partial charge < -0.3 is 19.4 Å². The fraction of sp³-hybridized carbons (Fsp3) is 0.667. The van der Waals surface area contributed by atoms with Gasteiger partial charge in [-0.05, 0) is 40.2 Å². The number of pyridine rings is 1. The molecular weight excluding hydrogens is 411 g/mol. The van der Waals surface area contributed by atoms with Crippen molar-refractivity contribution in [2.75, 3.05) is 42.5 Å². The number of ether oxygens (including phenoxy) is 1. The van der Waals surface area contributed by atoms with Crippen molar-refractivity contribution in [3.8, 4) is 6.07 Å². The summed E-state index contributed by atoms with van der Waals surface area (Å²) in [5.74, 6) is 0.331. The largest absolute Gasteiger partial charge is 0.444 e. The van der Waals surface area contributed by atoms with Crippen molar-refractivity contribution in [1.29, 1.82) is 5.26 Å². The summed E-state index contributed by atoms with van der Waals surface area (Å²) in [6, 6.07) is 2.74. The number of nitrogens with zero attached hydrogens (tertiary/aromatic N) is 5. The van der Waals surface area contributed by atoms with Gasteiger partial charge in [0.05, 0.1) is 5.56 Å². The van der Waals surface area contributed by atoms with Crippen LogP contribution in [0.25, 0.3) is 0 Å². The maximum Gasteiger partial charge on any atom is 0.417 e. The summed E-state index contributed by atoms with van der Waals surface area (Å²) in [7, 11) is 0. The molecule has 0 saturated carbocycles. The standard InChI is InChI=1S/C21H26F3N5O2/c1-13-5-6-29(13)17-14(8-25)15(21(22,23)24)7-16(26-17)27-9-20(10-27)11-28(12-20)18(30)31-19(2,3)4/h7,13H,5-6,9-12H2,1-4H3/t13-/m0/s1. The summed E-state index contributed by atoms with van der Waals surface area (Å²) in [5, 5.41) is 9.43. The molecule has 1 atom stereocenters. The van der Waals surface area contributed by atoms with E-state index in [1.807, 2.05) is 6.92 Å². The van der Waals surface area contributed by atoms with E-state index in [1.54, 1.807) is 41.5 Å². The fourth-order valence-corrected chi connectivity index (χ4v) is 4.40. The van der Waals surface area contributed by atoms with Crippen LogP contribution in [0.5, 0.6) is 0 Å². The molecule has 1 amide bonds. The maximum absolute atomic E-state index is 13.7. The molecule has 0 aliphatic carbocycles. The normalized spacial score (nSPS) is 22.4. The highest BCUT2D eigenvalue weighted by Gasteiger charge is 2.54. The molecule has 1 spiro atoms. The Bertz CT molecular complexity index is 936. The van der Waals surface area contributed by atoms with E-state index in [9.17, 15) is 23.2 Å². The van der Waals surface area contributed by atoms with E-state index in [1.165, 1.54) is 0 Å². The lowest BCUT2D eigenvalue weighted by atomic mass is 9.73. The Morgan fingerprint density at radius 1 is 1.26 bits per heavy atom. The van der Waals surface area contributed by atoms with E-state index in [0.717, 1.165) is 12.5 Å². The fourth-order valence-electron chi connectivity index (χ4n) is 4.40. The molecule has 10 heteroatoms. The lowest BCUT2D eigenvalue weighted by molar-refractivity contribution is -0.137. The number of halogens is 3. The van der Waals surface area contributed by atoms with Crippen LogP contribution in [0.15, 0.2) is 6.07 Å². The molecule has 3 aliphatic rings. The number of aromatic nitrogens is 1. The zero-order valence-electron chi connectivity index (χ0n) is 18.1. The van der Waals surface area contributed by atoms with E-state index >= 15 is 0 Å². The third-order valence-electron chi connectivity index (χ3n) is 6.08. The zero-order chi connectivity index (χ0) is 22.8. The first-order valence-electron chi connectivity index (χ1n) is 10.3. The van der Waals surface area contributed by atoms with Crippen LogP contribution in [0.3, 0.4) is 0 Å². The number of hydrogen-bond donors (Lipinski definition) is 0. The van der Waals surface area contributed by atoms with Gasteiger partial charge in [0.15, 0.2) is 0 Å². The molecule has 0 N–H and O–H groups in total. The van der Waals surface area contributed by atoms with Crippen LogP contribution in [0.2, 0.25) is 0 Å². The number of carbonyl (C=O) groups is 1. The second-order valence-corrected chi connectivity index (χ2v) is 9.86. The summed E-state index contributed by atoms with van der Waals surface area (Å²) >= 11 is 0. The van der Waals surface area contributed by atoms with E-state index in [-0.39, 0.29) is 29.2 Å². The van der Waals surface area contributed by atoms with Gasteiger partial charge in [-0.1, -0.05) is 0 Å². The third-order valence-corrected chi connectivity index (χ3v) is 6.08.